The molecule has 8 rings (SSSR count). The minimum Gasteiger partial charge on any atom is -0.445 e. The van der Waals surface area contributed by atoms with E-state index in [9.17, 15) is 19.5 Å². The van der Waals surface area contributed by atoms with E-state index in [0.717, 1.165) is 50.0 Å². The second-order valence-corrected chi connectivity index (χ2v) is 14.3. The number of fused-ring (bicyclic) bond motifs is 1. The molecule has 5 aromatic carbocycles. The molecule has 5 atom stereocenters. The number of hydrogen-bond donors (Lipinski definition) is 2. The van der Waals surface area contributed by atoms with Gasteiger partial charge in [0.25, 0.3) is 5.91 Å². The molecule has 284 valence electrons. The maximum Gasteiger partial charge on any atom is 0.408 e. The molecule has 3 amide bonds. The third-order valence-corrected chi connectivity index (χ3v) is 10.6. The van der Waals surface area contributed by atoms with Gasteiger partial charge in [0, 0.05) is 11.5 Å². The van der Waals surface area contributed by atoms with Crippen molar-refractivity contribution in [3.05, 3.63) is 162 Å². The van der Waals surface area contributed by atoms with Gasteiger partial charge in [-0.25, -0.2) is 9.78 Å². The molecular formula is C45H42N4O7. The molecule has 3 heterocycles. The monoisotopic (exact) mass is 750 g/mol. The first-order valence-corrected chi connectivity index (χ1v) is 18.7. The Bertz CT molecular complexity index is 2330. The maximum absolute atomic E-state index is 13.2. The zero-order valence-corrected chi connectivity index (χ0v) is 30.9. The van der Waals surface area contributed by atoms with Gasteiger partial charge in [-0.15, -0.1) is 0 Å². The molecule has 2 fully saturated rings. The number of ether oxygens (including phenoxy) is 3. The summed E-state index contributed by atoms with van der Waals surface area (Å²) in [6, 6.07) is 39.9. The highest BCUT2D eigenvalue weighted by Crippen LogP contribution is 2.42. The van der Waals surface area contributed by atoms with Gasteiger partial charge in [0.2, 0.25) is 5.91 Å². The number of aliphatic hydroxyl groups is 1. The molecule has 2 aliphatic rings. The molecule has 0 radical (unpaired) electrons. The normalized spacial score (nSPS) is 21.0. The summed E-state index contributed by atoms with van der Waals surface area (Å²) in [5, 5.41) is 12.2. The van der Waals surface area contributed by atoms with E-state index >= 15 is 0 Å². The number of rotatable bonds is 11. The van der Waals surface area contributed by atoms with Gasteiger partial charge < -0.3 is 29.2 Å². The Labute approximate surface area is 324 Å². The van der Waals surface area contributed by atoms with E-state index in [1.54, 1.807) is 0 Å². The van der Waals surface area contributed by atoms with Crippen molar-refractivity contribution in [3.8, 4) is 11.1 Å². The summed E-state index contributed by atoms with van der Waals surface area (Å²) in [6.45, 7) is 2.84. The number of amides is 3. The van der Waals surface area contributed by atoms with Crippen molar-refractivity contribution < 1.29 is 33.7 Å². The fourth-order valence-corrected chi connectivity index (χ4v) is 7.41. The minimum absolute atomic E-state index is 0.00305. The number of carbonyl (C=O) groups excluding carboxylic acids is 3. The first kappa shape index (κ1) is 36.8. The molecule has 6 aromatic rings. The first-order chi connectivity index (χ1) is 27.3. The highest BCUT2D eigenvalue weighted by atomic mass is 16.7. The van der Waals surface area contributed by atoms with E-state index in [4.69, 9.17) is 14.2 Å². The van der Waals surface area contributed by atoms with Gasteiger partial charge in [-0.1, -0.05) is 116 Å². The van der Waals surface area contributed by atoms with E-state index in [0.29, 0.717) is 6.54 Å². The number of benzene rings is 5. The molecule has 0 bridgehead atoms. The van der Waals surface area contributed by atoms with Crippen molar-refractivity contribution in [2.24, 2.45) is 5.92 Å². The fraction of sp³-hybridized carbons (Fsp3) is 0.244. The number of aliphatic hydroxyl groups excluding tert-OH is 1. The lowest BCUT2D eigenvalue weighted by Crippen LogP contribution is -2.41. The second-order valence-electron chi connectivity index (χ2n) is 14.3. The van der Waals surface area contributed by atoms with E-state index in [-0.39, 0.29) is 50.2 Å². The number of para-hydroxylation sites is 2. The number of imide groups is 1. The van der Waals surface area contributed by atoms with Gasteiger partial charge >= 0.3 is 6.09 Å². The second kappa shape index (κ2) is 16.3. The fourth-order valence-electron chi connectivity index (χ4n) is 7.41. The lowest BCUT2D eigenvalue weighted by molar-refractivity contribution is -0.276. The summed E-state index contributed by atoms with van der Waals surface area (Å²) in [7, 11) is 0. The highest BCUT2D eigenvalue weighted by molar-refractivity contribution is 6.06. The van der Waals surface area contributed by atoms with Crippen LogP contribution >= 0.6 is 0 Å². The van der Waals surface area contributed by atoms with Crippen LogP contribution in [0.1, 0.15) is 53.6 Å². The lowest BCUT2D eigenvalue weighted by Gasteiger charge is -2.41. The Morgan fingerprint density at radius 1 is 0.821 bits per heavy atom. The highest BCUT2D eigenvalue weighted by Gasteiger charge is 2.40. The third kappa shape index (κ3) is 7.97. The average Bonchev–Trinajstić information content (AvgIpc) is 3.76. The number of likely N-dealkylation sites (tertiary alicyclic amines) is 1. The van der Waals surface area contributed by atoms with Gasteiger partial charge in [0.1, 0.15) is 12.6 Å². The topological polar surface area (TPSA) is 132 Å². The van der Waals surface area contributed by atoms with Gasteiger partial charge in [0.15, 0.2) is 6.29 Å². The zero-order valence-electron chi connectivity index (χ0n) is 30.9. The number of hydrogen-bond acceptors (Lipinski definition) is 8. The van der Waals surface area contributed by atoms with Crippen LogP contribution in [0.25, 0.3) is 22.2 Å². The van der Waals surface area contributed by atoms with Crippen LogP contribution in [0.3, 0.4) is 0 Å². The molecule has 2 N–H and O–H groups in total. The van der Waals surface area contributed by atoms with Gasteiger partial charge in [-0.3, -0.25) is 14.5 Å². The quantitative estimate of drug-likeness (QED) is 0.133. The number of aromatic nitrogens is 2. The maximum atomic E-state index is 13.2. The molecule has 11 heteroatoms. The van der Waals surface area contributed by atoms with Crippen molar-refractivity contribution in [1.29, 1.82) is 0 Å². The molecule has 2 saturated heterocycles. The summed E-state index contributed by atoms with van der Waals surface area (Å²) in [6.07, 6.45) is -0.120. The Morgan fingerprint density at radius 2 is 1.55 bits per heavy atom. The first-order valence-electron chi connectivity index (χ1n) is 18.7. The van der Waals surface area contributed by atoms with Gasteiger partial charge in [-0.2, -0.15) is 0 Å². The van der Waals surface area contributed by atoms with E-state index in [2.05, 4.69) is 27.9 Å². The standard InChI is InChI=1S/C45H42N4O7/c1-29-40(25-48-28-46-37-12-5-6-13-39(37)48)55-44(56-42(29)34-16-14-30(26-50)15-17-34)35-20-18-33(19-21-35)36-11-7-10-32(22-36)24-49-41(51)23-38(43(49)52)47-45(53)54-27-31-8-3-2-4-9-31/h2-22,28-29,38,40,42,44,50H,23-27H2,1H3,(H,47,53)/t29-,38?,40+,42+,44+/m1/s1. The average molecular weight is 751 g/mol. The van der Waals surface area contributed by atoms with Crippen LogP contribution in [0.2, 0.25) is 0 Å². The van der Waals surface area contributed by atoms with Crippen molar-refractivity contribution >= 4 is 28.9 Å². The van der Waals surface area contributed by atoms with Crippen LogP contribution in [0.5, 0.6) is 0 Å². The molecule has 0 aliphatic carbocycles. The molecule has 11 nitrogen and oxygen atoms in total. The Morgan fingerprint density at radius 3 is 2.34 bits per heavy atom. The summed E-state index contributed by atoms with van der Waals surface area (Å²) >= 11 is 0. The number of alkyl carbamates (subject to hydrolysis) is 1. The molecule has 1 aromatic heterocycles. The van der Waals surface area contributed by atoms with Crippen LogP contribution in [0, 0.1) is 5.92 Å². The largest absolute Gasteiger partial charge is 0.445 e. The predicted molar refractivity (Wildman–Crippen MR) is 208 cm³/mol. The molecule has 56 heavy (non-hydrogen) atoms. The SMILES string of the molecule is C[C@@H]1[C@H](Cn2cnc3ccccc32)O[C@H](c2ccc(-c3cccc(CN4C(=O)CC(NC(=O)OCc5ccccc5)C4=O)c3)cc2)O[C@@H]1c1ccc(CO)cc1. The van der Waals surface area contributed by atoms with E-state index in [1.165, 1.54) is 4.90 Å². The van der Waals surface area contributed by atoms with Crippen molar-refractivity contribution in [3.63, 3.8) is 0 Å². The van der Waals surface area contributed by atoms with E-state index in [1.807, 2.05) is 128 Å². The third-order valence-electron chi connectivity index (χ3n) is 10.6. The van der Waals surface area contributed by atoms with E-state index < -0.39 is 24.3 Å². The molecule has 2 aliphatic heterocycles. The Kier molecular flexibility index (Phi) is 10.7. The molecule has 1 unspecified atom stereocenters. The summed E-state index contributed by atoms with van der Waals surface area (Å²) < 4.78 is 20.8. The van der Waals surface area contributed by atoms with Crippen LogP contribution < -0.4 is 5.32 Å². The predicted octanol–water partition coefficient (Wildman–Crippen LogP) is 7.24. The smallest absolute Gasteiger partial charge is 0.408 e. The lowest BCUT2D eigenvalue weighted by atomic mass is 9.90. The van der Waals surface area contributed by atoms with Crippen molar-refractivity contribution in [1.82, 2.24) is 19.8 Å². The number of carbonyl (C=O) groups is 3. The summed E-state index contributed by atoms with van der Waals surface area (Å²) in [4.78, 5) is 44.3. The van der Waals surface area contributed by atoms with Gasteiger partial charge in [0.05, 0.1) is 55.7 Å². The molecule has 0 saturated carbocycles. The van der Waals surface area contributed by atoms with Crippen LogP contribution in [-0.4, -0.2) is 49.6 Å². The van der Waals surface area contributed by atoms with Crippen LogP contribution in [-0.2, 0) is 50.1 Å². The van der Waals surface area contributed by atoms with Crippen molar-refractivity contribution in [2.75, 3.05) is 0 Å². The summed E-state index contributed by atoms with van der Waals surface area (Å²) in [5.41, 5.74) is 8.13. The van der Waals surface area contributed by atoms with Gasteiger partial charge in [-0.05, 0) is 51.6 Å². The van der Waals surface area contributed by atoms with Crippen LogP contribution in [0.4, 0.5) is 4.79 Å². The van der Waals surface area contributed by atoms with Crippen molar-refractivity contribution in [2.45, 2.75) is 64.2 Å². The number of imidazole rings is 1. The molecule has 0 spiro atoms. The zero-order chi connectivity index (χ0) is 38.6. The number of nitrogens with one attached hydrogen (secondary N) is 1. The Hall–Kier alpha value is -6.14. The Balaban J connectivity index is 0.955. The number of nitrogens with zero attached hydrogens (tertiary/aromatic N) is 3. The van der Waals surface area contributed by atoms with Crippen LogP contribution in [0.15, 0.2) is 134 Å². The molecular weight excluding hydrogens is 709 g/mol. The minimum atomic E-state index is -0.980. The summed E-state index contributed by atoms with van der Waals surface area (Å²) in [5.74, 6) is -0.823.